The molecule has 1 saturated carbocycles. The fraction of sp³-hybridized carbons (Fsp3) is 0.857. The highest BCUT2D eigenvalue weighted by molar-refractivity contribution is 7.10. The first-order valence-corrected chi connectivity index (χ1v) is 7.94. The molecule has 0 aromatic carbocycles. The lowest BCUT2D eigenvalue weighted by molar-refractivity contribution is -0.0325. The first-order valence-electron chi connectivity index (χ1n) is 7.17. The van der Waals surface area contributed by atoms with E-state index in [0.717, 1.165) is 36.0 Å². The lowest BCUT2D eigenvalue weighted by atomic mass is 9.71. The number of ether oxygens (including phenoxy) is 1. The maximum Gasteiger partial charge on any atom is 0.135 e. The van der Waals surface area contributed by atoms with Crippen LogP contribution in [-0.4, -0.2) is 22.2 Å². The van der Waals surface area contributed by atoms with Crippen molar-refractivity contribution in [2.45, 2.75) is 59.7 Å². The van der Waals surface area contributed by atoms with Crippen LogP contribution < -0.4 is 5.32 Å². The summed E-state index contributed by atoms with van der Waals surface area (Å²) in [4.78, 5) is 0. The van der Waals surface area contributed by atoms with E-state index in [-0.39, 0.29) is 0 Å². The third-order valence-electron chi connectivity index (χ3n) is 3.70. The van der Waals surface area contributed by atoms with Gasteiger partial charge in [0.1, 0.15) is 10.7 Å². The third kappa shape index (κ3) is 4.14. The summed E-state index contributed by atoms with van der Waals surface area (Å²) < 4.78 is 10.1. The molecule has 5 heteroatoms. The van der Waals surface area contributed by atoms with E-state index in [9.17, 15) is 0 Å². The van der Waals surface area contributed by atoms with Gasteiger partial charge in [-0.1, -0.05) is 25.3 Å². The first kappa shape index (κ1) is 14.7. The van der Waals surface area contributed by atoms with Crippen molar-refractivity contribution in [3.05, 3.63) is 5.69 Å². The molecule has 1 fully saturated rings. The number of nitrogens with one attached hydrogen (secondary N) is 1. The molecule has 1 heterocycles. The Morgan fingerprint density at radius 3 is 2.89 bits per heavy atom. The Labute approximate surface area is 120 Å². The molecular formula is C14H25N3OS. The Morgan fingerprint density at radius 1 is 1.42 bits per heavy atom. The quantitative estimate of drug-likeness (QED) is 0.895. The number of hydrogen-bond donors (Lipinski definition) is 1. The molecular weight excluding hydrogens is 258 g/mol. The zero-order chi connectivity index (χ0) is 13.9. The van der Waals surface area contributed by atoms with Crippen LogP contribution >= 0.6 is 11.5 Å². The van der Waals surface area contributed by atoms with Crippen molar-refractivity contribution >= 4 is 16.5 Å². The molecule has 2 atom stereocenters. The largest absolute Gasteiger partial charge is 0.374 e. The summed E-state index contributed by atoms with van der Waals surface area (Å²) in [5, 5.41) is 8.48. The highest BCUT2D eigenvalue weighted by atomic mass is 32.1. The van der Waals surface area contributed by atoms with Crippen molar-refractivity contribution in [1.29, 1.82) is 0 Å². The maximum absolute atomic E-state index is 6.08. The van der Waals surface area contributed by atoms with Gasteiger partial charge in [0.25, 0.3) is 0 Å². The van der Waals surface area contributed by atoms with Crippen LogP contribution in [0.1, 0.15) is 52.7 Å². The second kappa shape index (κ2) is 6.18. The Morgan fingerprint density at radius 2 is 2.21 bits per heavy atom. The van der Waals surface area contributed by atoms with Crippen LogP contribution in [0, 0.1) is 11.3 Å². The van der Waals surface area contributed by atoms with E-state index >= 15 is 0 Å². The SMILES string of the molecule is CCNc1snnc1COC1CC(C)CC(C)(C)C1. The number of rotatable bonds is 5. The molecule has 0 spiro atoms. The van der Waals surface area contributed by atoms with Crippen molar-refractivity contribution < 1.29 is 4.74 Å². The van der Waals surface area contributed by atoms with E-state index in [2.05, 4.69) is 42.6 Å². The summed E-state index contributed by atoms with van der Waals surface area (Å²) in [7, 11) is 0. The van der Waals surface area contributed by atoms with Crippen molar-refractivity contribution in [2.24, 2.45) is 11.3 Å². The highest BCUT2D eigenvalue weighted by Gasteiger charge is 2.32. The van der Waals surface area contributed by atoms with Gasteiger partial charge < -0.3 is 10.1 Å². The molecule has 0 radical (unpaired) electrons. The summed E-state index contributed by atoms with van der Waals surface area (Å²) in [5.41, 5.74) is 1.34. The van der Waals surface area contributed by atoms with E-state index in [1.165, 1.54) is 18.0 Å². The molecule has 1 aliphatic carbocycles. The van der Waals surface area contributed by atoms with E-state index in [1.807, 2.05) is 0 Å². The molecule has 0 amide bonds. The molecule has 4 nitrogen and oxygen atoms in total. The van der Waals surface area contributed by atoms with Gasteiger partial charge in [-0.25, -0.2) is 0 Å². The van der Waals surface area contributed by atoms with Crippen LogP contribution in [0.3, 0.4) is 0 Å². The van der Waals surface area contributed by atoms with Gasteiger partial charge in [-0.3, -0.25) is 0 Å². The van der Waals surface area contributed by atoms with Crippen LogP contribution in [0.15, 0.2) is 0 Å². The second-order valence-electron chi connectivity index (χ2n) is 6.43. The fourth-order valence-electron chi connectivity index (χ4n) is 3.18. The first-order chi connectivity index (χ1) is 9.00. The minimum absolute atomic E-state index is 0.356. The van der Waals surface area contributed by atoms with Crippen molar-refractivity contribution in [3.63, 3.8) is 0 Å². The minimum atomic E-state index is 0.356. The van der Waals surface area contributed by atoms with E-state index < -0.39 is 0 Å². The van der Waals surface area contributed by atoms with Gasteiger partial charge in [0.15, 0.2) is 0 Å². The number of nitrogens with zero attached hydrogens (tertiary/aromatic N) is 2. The second-order valence-corrected chi connectivity index (χ2v) is 7.18. The van der Waals surface area contributed by atoms with Crippen LogP contribution in [0.4, 0.5) is 5.00 Å². The third-order valence-corrected chi connectivity index (χ3v) is 4.42. The summed E-state index contributed by atoms with van der Waals surface area (Å²) in [6.07, 6.45) is 3.96. The van der Waals surface area contributed by atoms with Crippen LogP contribution in [0.2, 0.25) is 0 Å². The average Bonchev–Trinajstić information content (AvgIpc) is 2.72. The molecule has 108 valence electrons. The minimum Gasteiger partial charge on any atom is -0.374 e. The molecule has 0 saturated heterocycles. The van der Waals surface area contributed by atoms with Gasteiger partial charge in [-0.05, 0) is 37.5 Å². The summed E-state index contributed by atoms with van der Waals surface area (Å²) >= 11 is 1.41. The molecule has 1 N–H and O–H groups in total. The predicted molar refractivity (Wildman–Crippen MR) is 79.4 cm³/mol. The van der Waals surface area contributed by atoms with Crippen molar-refractivity contribution in [2.75, 3.05) is 11.9 Å². The zero-order valence-corrected chi connectivity index (χ0v) is 13.2. The van der Waals surface area contributed by atoms with Gasteiger partial charge in [0, 0.05) is 18.1 Å². The molecule has 1 aromatic heterocycles. The van der Waals surface area contributed by atoms with E-state index in [0.29, 0.717) is 18.1 Å². The highest BCUT2D eigenvalue weighted by Crippen LogP contribution is 2.40. The number of anilines is 1. The Balaban J connectivity index is 1.89. The number of hydrogen-bond acceptors (Lipinski definition) is 5. The lowest BCUT2D eigenvalue weighted by Crippen LogP contribution is -2.32. The van der Waals surface area contributed by atoms with Gasteiger partial charge in [0.2, 0.25) is 0 Å². The van der Waals surface area contributed by atoms with Crippen LogP contribution in [0.25, 0.3) is 0 Å². The monoisotopic (exact) mass is 283 g/mol. The zero-order valence-electron chi connectivity index (χ0n) is 12.4. The maximum atomic E-state index is 6.08. The van der Waals surface area contributed by atoms with Gasteiger partial charge in [-0.2, -0.15) is 0 Å². The Kier molecular flexibility index (Phi) is 4.79. The Bertz CT molecular complexity index is 405. The topological polar surface area (TPSA) is 47.0 Å². The molecule has 19 heavy (non-hydrogen) atoms. The van der Waals surface area contributed by atoms with Crippen LogP contribution in [0.5, 0.6) is 0 Å². The smallest absolute Gasteiger partial charge is 0.135 e. The Hall–Kier alpha value is -0.680. The molecule has 1 aliphatic rings. The summed E-state index contributed by atoms with van der Waals surface area (Å²) in [6, 6.07) is 0. The number of aromatic nitrogens is 2. The normalized spacial score (nSPS) is 26.3. The van der Waals surface area contributed by atoms with Gasteiger partial charge >= 0.3 is 0 Å². The predicted octanol–water partition coefficient (Wildman–Crippen LogP) is 3.70. The summed E-state index contributed by atoms with van der Waals surface area (Å²) in [5.74, 6) is 0.746. The molecule has 2 rings (SSSR count). The standard InChI is InChI=1S/C14H25N3OS/c1-5-15-13-12(16-17-19-13)9-18-11-6-10(2)7-14(3,4)8-11/h10-11,15H,5-9H2,1-4H3. The van der Waals surface area contributed by atoms with Gasteiger partial charge in [-0.15, -0.1) is 5.10 Å². The molecule has 0 aliphatic heterocycles. The molecule has 2 unspecified atom stereocenters. The molecule has 0 bridgehead atoms. The van der Waals surface area contributed by atoms with Crippen LogP contribution in [-0.2, 0) is 11.3 Å². The molecule has 1 aromatic rings. The lowest BCUT2D eigenvalue weighted by Gasteiger charge is -2.38. The van der Waals surface area contributed by atoms with Crippen molar-refractivity contribution in [3.8, 4) is 0 Å². The van der Waals surface area contributed by atoms with Crippen molar-refractivity contribution in [1.82, 2.24) is 9.59 Å². The van der Waals surface area contributed by atoms with E-state index in [4.69, 9.17) is 4.74 Å². The van der Waals surface area contributed by atoms with Gasteiger partial charge in [0.05, 0.1) is 12.7 Å². The fourth-order valence-corrected chi connectivity index (χ4v) is 3.82. The average molecular weight is 283 g/mol. The summed E-state index contributed by atoms with van der Waals surface area (Å²) in [6.45, 7) is 10.6. The van der Waals surface area contributed by atoms with E-state index in [1.54, 1.807) is 0 Å².